The molecular formula is C16H20. The van der Waals surface area contributed by atoms with Gasteiger partial charge in [0, 0.05) is 0 Å². The summed E-state index contributed by atoms with van der Waals surface area (Å²) in [6.07, 6.45) is 11.4. The predicted molar refractivity (Wildman–Crippen MR) is 75.3 cm³/mol. The first-order chi connectivity index (χ1) is 7.52. The molecule has 0 spiro atoms. The molecule has 0 heteroatoms. The second kappa shape index (κ2) is 7.47. The number of hydrogen-bond donors (Lipinski definition) is 0. The molecule has 0 nitrogen and oxygen atoms in total. The first-order valence-electron chi connectivity index (χ1n) is 5.18. The van der Waals surface area contributed by atoms with E-state index in [2.05, 4.69) is 26.3 Å². The molecule has 0 bridgehead atoms. The summed E-state index contributed by atoms with van der Waals surface area (Å²) in [5, 5.41) is 0. The molecule has 0 radical (unpaired) electrons. The highest BCUT2D eigenvalue weighted by Gasteiger charge is 1.98. The fourth-order valence-corrected chi connectivity index (χ4v) is 1.12. The van der Waals surface area contributed by atoms with Crippen LogP contribution >= 0.6 is 0 Å². The van der Waals surface area contributed by atoms with Crippen molar-refractivity contribution in [2.75, 3.05) is 0 Å². The summed E-state index contributed by atoms with van der Waals surface area (Å²) in [7, 11) is 0. The van der Waals surface area contributed by atoms with Gasteiger partial charge in [-0.3, -0.25) is 0 Å². The fourth-order valence-electron chi connectivity index (χ4n) is 1.12. The number of rotatable bonds is 6. The molecule has 84 valence electrons. The molecule has 0 aromatic rings. The van der Waals surface area contributed by atoms with Crippen molar-refractivity contribution in [3.05, 3.63) is 85.1 Å². The Morgan fingerprint density at radius 2 is 1.56 bits per heavy atom. The van der Waals surface area contributed by atoms with Gasteiger partial charge in [0.1, 0.15) is 0 Å². The van der Waals surface area contributed by atoms with Crippen molar-refractivity contribution in [2.45, 2.75) is 13.8 Å². The van der Waals surface area contributed by atoms with Crippen LogP contribution in [-0.4, -0.2) is 0 Å². The summed E-state index contributed by atoms with van der Waals surface area (Å²) in [6.45, 7) is 19.2. The van der Waals surface area contributed by atoms with Crippen molar-refractivity contribution in [3.63, 3.8) is 0 Å². The van der Waals surface area contributed by atoms with E-state index in [0.29, 0.717) is 0 Å². The maximum Gasteiger partial charge on any atom is -0.0161 e. The van der Waals surface area contributed by atoms with Crippen LogP contribution in [0.15, 0.2) is 85.1 Å². The Kier molecular flexibility index (Phi) is 6.62. The van der Waals surface area contributed by atoms with Crippen LogP contribution in [0.5, 0.6) is 0 Å². The summed E-state index contributed by atoms with van der Waals surface area (Å²) in [5.41, 5.74) is 4.12. The third-order valence-corrected chi connectivity index (χ3v) is 2.03. The maximum absolute atomic E-state index is 3.96. The largest absolute Gasteiger partial charge is 0.0991 e. The van der Waals surface area contributed by atoms with Crippen molar-refractivity contribution in [3.8, 4) is 0 Å². The van der Waals surface area contributed by atoms with Crippen LogP contribution in [0.3, 0.4) is 0 Å². The quantitative estimate of drug-likeness (QED) is 0.548. The van der Waals surface area contributed by atoms with Gasteiger partial charge >= 0.3 is 0 Å². The van der Waals surface area contributed by atoms with Gasteiger partial charge in [-0.15, -0.1) is 0 Å². The normalized spacial score (nSPS) is 12.6. The van der Waals surface area contributed by atoms with Gasteiger partial charge in [-0.2, -0.15) is 0 Å². The van der Waals surface area contributed by atoms with E-state index in [-0.39, 0.29) is 0 Å². The highest BCUT2D eigenvalue weighted by Crippen LogP contribution is 2.17. The Labute approximate surface area is 99.4 Å². The maximum atomic E-state index is 3.96. The second-order valence-electron chi connectivity index (χ2n) is 3.60. The lowest BCUT2D eigenvalue weighted by Crippen LogP contribution is -1.85. The van der Waals surface area contributed by atoms with Crippen LogP contribution in [0.2, 0.25) is 0 Å². The molecule has 0 aliphatic heterocycles. The Bertz CT molecular complexity index is 384. The van der Waals surface area contributed by atoms with Crippen LogP contribution in [0.1, 0.15) is 13.8 Å². The first kappa shape index (κ1) is 14.2. The molecule has 0 rings (SSSR count). The molecule has 0 saturated heterocycles. The van der Waals surface area contributed by atoms with E-state index < -0.39 is 0 Å². The van der Waals surface area contributed by atoms with Gasteiger partial charge < -0.3 is 0 Å². The minimum atomic E-state index is 0.905. The van der Waals surface area contributed by atoms with Crippen LogP contribution in [0, 0.1) is 0 Å². The van der Waals surface area contributed by atoms with E-state index in [4.69, 9.17) is 0 Å². The SMILES string of the molecule is C=C\C=C/C(C(=C)C=C)=C(C)/C=C\C(=C)C. The number of allylic oxidation sites excluding steroid dienone is 10. The molecule has 0 N–H and O–H groups in total. The van der Waals surface area contributed by atoms with Gasteiger partial charge in [0.05, 0.1) is 0 Å². The zero-order chi connectivity index (χ0) is 12.6. The molecule has 0 unspecified atom stereocenters. The van der Waals surface area contributed by atoms with E-state index >= 15 is 0 Å². The second-order valence-corrected chi connectivity index (χ2v) is 3.60. The van der Waals surface area contributed by atoms with Crippen LogP contribution in [0.4, 0.5) is 0 Å². The van der Waals surface area contributed by atoms with Crippen molar-refractivity contribution in [2.24, 2.45) is 0 Å². The van der Waals surface area contributed by atoms with Crippen LogP contribution in [-0.2, 0) is 0 Å². The Morgan fingerprint density at radius 3 is 2.00 bits per heavy atom. The van der Waals surface area contributed by atoms with Crippen molar-refractivity contribution in [1.29, 1.82) is 0 Å². The zero-order valence-electron chi connectivity index (χ0n) is 10.3. The van der Waals surface area contributed by atoms with Crippen molar-refractivity contribution in [1.82, 2.24) is 0 Å². The summed E-state index contributed by atoms with van der Waals surface area (Å²) in [6, 6.07) is 0. The Morgan fingerprint density at radius 1 is 0.938 bits per heavy atom. The molecule has 0 aliphatic rings. The third kappa shape index (κ3) is 5.16. The lowest BCUT2D eigenvalue weighted by atomic mass is 10.0. The molecule has 0 fully saturated rings. The summed E-state index contributed by atoms with van der Waals surface area (Å²) in [4.78, 5) is 0. The van der Waals surface area contributed by atoms with Gasteiger partial charge in [-0.1, -0.05) is 68.3 Å². The highest BCUT2D eigenvalue weighted by atomic mass is 14.0. The summed E-state index contributed by atoms with van der Waals surface area (Å²) >= 11 is 0. The Hall–Kier alpha value is -1.82. The summed E-state index contributed by atoms with van der Waals surface area (Å²) < 4.78 is 0. The fraction of sp³-hybridized carbons (Fsp3) is 0.125. The molecule has 0 heterocycles. The minimum Gasteiger partial charge on any atom is -0.0991 e. The average Bonchev–Trinajstić information content (AvgIpc) is 2.26. The van der Waals surface area contributed by atoms with E-state index in [1.165, 1.54) is 0 Å². The van der Waals surface area contributed by atoms with Gasteiger partial charge in [0.2, 0.25) is 0 Å². The lowest BCUT2D eigenvalue weighted by molar-refractivity contribution is 1.40. The van der Waals surface area contributed by atoms with E-state index in [1.54, 1.807) is 12.2 Å². The van der Waals surface area contributed by atoms with Gasteiger partial charge in [-0.25, -0.2) is 0 Å². The molecule has 16 heavy (non-hydrogen) atoms. The van der Waals surface area contributed by atoms with E-state index in [1.807, 2.05) is 38.2 Å². The molecule has 0 aromatic carbocycles. The topological polar surface area (TPSA) is 0 Å². The smallest absolute Gasteiger partial charge is 0.0161 e. The van der Waals surface area contributed by atoms with Crippen molar-refractivity contribution >= 4 is 0 Å². The minimum absolute atomic E-state index is 0.905. The van der Waals surface area contributed by atoms with Gasteiger partial charge in [0.25, 0.3) is 0 Å². The number of hydrogen-bond acceptors (Lipinski definition) is 0. The average molecular weight is 212 g/mol. The Balaban J connectivity index is 5.27. The van der Waals surface area contributed by atoms with Gasteiger partial charge in [0.15, 0.2) is 0 Å². The predicted octanol–water partition coefficient (Wildman–Crippen LogP) is 4.92. The van der Waals surface area contributed by atoms with E-state index in [9.17, 15) is 0 Å². The summed E-state index contributed by atoms with van der Waals surface area (Å²) in [5.74, 6) is 0. The van der Waals surface area contributed by atoms with Gasteiger partial charge in [-0.05, 0) is 30.6 Å². The molecule has 0 aromatic heterocycles. The first-order valence-corrected chi connectivity index (χ1v) is 5.18. The molecule has 0 atom stereocenters. The molecule has 0 saturated carbocycles. The van der Waals surface area contributed by atoms with E-state index in [0.717, 1.165) is 22.3 Å². The molecule has 0 aliphatic carbocycles. The third-order valence-electron chi connectivity index (χ3n) is 2.03. The monoisotopic (exact) mass is 212 g/mol. The van der Waals surface area contributed by atoms with Crippen molar-refractivity contribution < 1.29 is 0 Å². The molecular weight excluding hydrogens is 192 g/mol. The lowest BCUT2D eigenvalue weighted by Gasteiger charge is -2.05. The molecule has 0 amide bonds. The standard InChI is InChI=1S/C16H20/c1-7-9-10-16(14(5)8-2)15(6)12-11-13(3)4/h7-12H,1-3,5H2,4,6H3/b10-9-,12-11-,16-15-. The highest BCUT2D eigenvalue weighted by molar-refractivity contribution is 5.50. The van der Waals surface area contributed by atoms with Crippen LogP contribution in [0.25, 0.3) is 0 Å². The zero-order valence-corrected chi connectivity index (χ0v) is 10.3. The van der Waals surface area contributed by atoms with Crippen LogP contribution < -0.4 is 0 Å².